The van der Waals surface area contributed by atoms with Gasteiger partial charge in [0.15, 0.2) is 0 Å². The van der Waals surface area contributed by atoms with Gasteiger partial charge >= 0.3 is 12.1 Å². The van der Waals surface area contributed by atoms with Gasteiger partial charge in [0, 0.05) is 13.5 Å². The minimum absolute atomic E-state index is 0.153. The van der Waals surface area contributed by atoms with E-state index in [9.17, 15) is 27.9 Å². The van der Waals surface area contributed by atoms with Crippen LogP contribution in [0, 0.1) is 5.92 Å². The second kappa shape index (κ2) is 5.38. The summed E-state index contributed by atoms with van der Waals surface area (Å²) in [7, 11) is 0. The topological polar surface area (TPSA) is 57.6 Å². The summed E-state index contributed by atoms with van der Waals surface area (Å²) in [6.45, 7) is 3.05. The van der Waals surface area contributed by atoms with Crippen molar-refractivity contribution in [3.8, 4) is 0 Å². The molecule has 0 heterocycles. The number of rotatable bonds is 3. The molecule has 1 fully saturated rings. The Balaban J connectivity index is 2.95. The second-order valence-electron chi connectivity index (χ2n) is 4.92. The van der Waals surface area contributed by atoms with E-state index < -0.39 is 29.5 Å². The van der Waals surface area contributed by atoms with E-state index in [2.05, 4.69) is 0 Å². The van der Waals surface area contributed by atoms with E-state index in [-0.39, 0.29) is 32.2 Å². The summed E-state index contributed by atoms with van der Waals surface area (Å²) in [5.74, 6) is -3.11. The number of nitrogens with zero attached hydrogens (tertiary/aromatic N) is 1. The van der Waals surface area contributed by atoms with Crippen LogP contribution in [0.5, 0.6) is 0 Å². The van der Waals surface area contributed by atoms with E-state index in [1.165, 1.54) is 11.8 Å². The van der Waals surface area contributed by atoms with Crippen molar-refractivity contribution in [3.63, 3.8) is 0 Å². The quantitative estimate of drug-likeness (QED) is 0.864. The molecular formula is C12H18F3NO3. The fourth-order valence-corrected chi connectivity index (χ4v) is 2.85. The van der Waals surface area contributed by atoms with Crippen LogP contribution in [0.2, 0.25) is 0 Å². The van der Waals surface area contributed by atoms with E-state index in [0.29, 0.717) is 0 Å². The van der Waals surface area contributed by atoms with Crippen molar-refractivity contribution in [3.05, 3.63) is 0 Å². The SMILES string of the molecule is CCN(C(C)=O)C1(C(=O)O)CCC(C(F)(F)F)CC1. The maximum absolute atomic E-state index is 12.6. The Labute approximate surface area is 109 Å². The third-order valence-electron chi connectivity index (χ3n) is 3.89. The van der Waals surface area contributed by atoms with E-state index >= 15 is 0 Å². The first kappa shape index (κ1) is 15.8. The summed E-state index contributed by atoms with van der Waals surface area (Å²) >= 11 is 0. The maximum Gasteiger partial charge on any atom is 0.391 e. The number of alkyl halides is 3. The Hall–Kier alpha value is -1.27. The average molecular weight is 281 g/mol. The van der Waals surface area contributed by atoms with Crippen LogP contribution in [-0.4, -0.2) is 40.1 Å². The highest BCUT2D eigenvalue weighted by atomic mass is 19.4. The largest absolute Gasteiger partial charge is 0.479 e. The smallest absolute Gasteiger partial charge is 0.391 e. The summed E-state index contributed by atoms with van der Waals surface area (Å²) in [6, 6.07) is 0. The van der Waals surface area contributed by atoms with Crippen molar-refractivity contribution in [1.29, 1.82) is 0 Å². The Morgan fingerprint density at radius 2 is 1.79 bits per heavy atom. The van der Waals surface area contributed by atoms with Gasteiger partial charge in [0.1, 0.15) is 5.54 Å². The molecule has 110 valence electrons. The van der Waals surface area contributed by atoms with Gasteiger partial charge in [-0.05, 0) is 32.6 Å². The molecule has 1 aliphatic carbocycles. The summed E-state index contributed by atoms with van der Waals surface area (Å²) in [5.41, 5.74) is -1.48. The first-order valence-electron chi connectivity index (χ1n) is 6.23. The number of carboxylic acid groups (broad SMARTS) is 1. The number of carbonyl (C=O) groups is 2. The highest BCUT2D eigenvalue weighted by molar-refractivity contribution is 5.86. The molecule has 1 saturated carbocycles. The average Bonchev–Trinajstić information content (AvgIpc) is 2.28. The van der Waals surface area contributed by atoms with Gasteiger partial charge in [0.2, 0.25) is 5.91 Å². The monoisotopic (exact) mass is 281 g/mol. The van der Waals surface area contributed by atoms with Gasteiger partial charge in [-0.3, -0.25) is 4.79 Å². The predicted octanol–water partition coefficient (Wildman–Crippen LogP) is 2.43. The lowest BCUT2D eigenvalue weighted by atomic mass is 9.75. The van der Waals surface area contributed by atoms with Crippen LogP contribution in [-0.2, 0) is 9.59 Å². The highest BCUT2D eigenvalue weighted by Crippen LogP contribution is 2.43. The van der Waals surface area contributed by atoms with Crippen molar-refractivity contribution in [2.45, 2.75) is 51.2 Å². The normalized spacial score (nSPS) is 27.9. The van der Waals surface area contributed by atoms with E-state index in [1.54, 1.807) is 6.92 Å². The minimum Gasteiger partial charge on any atom is -0.479 e. The van der Waals surface area contributed by atoms with Crippen molar-refractivity contribution in [1.82, 2.24) is 4.90 Å². The van der Waals surface area contributed by atoms with Crippen LogP contribution >= 0.6 is 0 Å². The van der Waals surface area contributed by atoms with Gasteiger partial charge in [0.25, 0.3) is 0 Å². The molecule has 1 amide bonds. The summed E-state index contributed by atoms with van der Waals surface area (Å²) < 4.78 is 37.8. The van der Waals surface area contributed by atoms with Gasteiger partial charge in [-0.2, -0.15) is 13.2 Å². The minimum atomic E-state index is -4.29. The lowest BCUT2D eigenvalue weighted by Crippen LogP contribution is -2.58. The zero-order valence-electron chi connectivity index (χ0n) is 11.0. The number of amides is 1. The Bertz CT molecular complexity index is 360. The van der Waals surface area contributed by atoms with Gasteiger partial charge in [-0.15, -0.1) is 0 Å². The first-order valence-corrected chi connectivity index (χ1v) is 6.23. The van der Waals surface area contributed by atoms with E-state index in [4.69, 9.17) is 0 Å². The molecule has 0 aliphatic heterocycles. The fourth-order valence-electron chi connectivity index (χ4n) is 2.85. The van der Waals surface area contributed by atoms with Crippen molar-refractivity contribution >= 4 is 11.9 Å². The molecule has 0 bridgehead atoms. The predicted molar refractivity (Wildman–Crippen MR) is 61.4 cm³/mol. The van der Waals surface area contributed by atoms with Gasteiger partial charge in [0.05, 0.1) is 5.92 Å². The van der Waals surface area contributed by atoms with Gasteiger partial charge in [-0.1, -0.05) is 0 Å². The number of hydrogen-bond acceptors (Lipinski definition) is 2. The number of carboxylic acids is 1. The van der Waals surface area contributed by atoms with Crippen molar-refractivity contribution in [2.75, 3.05) is 6.54 Å². The number of aliphatic carboxylic acids is 1. The maximum atomic E-state index is 12.6. The van der Waals surface area contributed by atoms with Crippen LogP contribution in [0.4, 0.5) is 13.2 Å². The Morgan fingerprint density at radius 3 is 2.05 bits per heavy atom. The molecule has 0 saturated heterocycles. The molecule has 0 aromatic rings. The number of carbonyl (C=O) groups excluding carboxylic acids is 1. The molecule has 0 unspecified atom stereocenters. The number of likely N-dealkylation sites (N-methyl/N-ethyl adjacent to an activating group) is 1. The molecule has 1 N–H and O–H groups in total. The van der Waals surface area contributed by atoms with Crippen LogP contribution in [0.25, 0.3) is 0 Å². The summed E-state index contributed by atoms with van der Waals surface area (Å²) in [5, 5.41) is 9.35. The van der Waals surface area contributed by atoms with Crippen LogP contribution in [0.1, 0.15) is 39.5 Å². The number of hydrogen-bond donors (Lipinski definition) is 1. The van der Waals surface area contributed by atoms with E-state index in [1.807, 2.05) is 0 Å². The van der Waals surface area contributed by atoms with Crippen molar-refractivity contribution < 1.29 is 27.9 Å². The molecule has 0 atom stereocenters. The molecule has 1 aliphatic rings. The lowest BCUT2D eigenvalue weighted by Gasteiger charge is -2.44. The van der Waals surface area contributed by atoms with Crippen molar-refractivity contribution in [2.24, 2.45) is 5.92 Å². The van der Waals surface area contributed by atoms with Crippen LogP contribution in [0.15, 0.2) is 0 Å². The third kappa shape index (κ3) is 3.01. The molecule has 0 aromatic carbocycles. The molecule has 4 nitrogen and oxygen atoms in total. The number of halogens is 3. The second-order valence-corrected chi connectivity index (χ2v) is 4.92. The summed E-state index contributed by atoms with van der Waals surface area (Å²) in [4.78, 5) is 24.1. The Kier molecular flexibility index (Phi) is 4.47. The standard InChI is InChI=1S/C12H18F3NO3/c1-3-16(8(2)17)11(10(18)19)6-4-9(5-7-11)12(13,14)15/h9H,3-7H2,1-2H3,(H,18,19). The van der Waals surface area contributed by atoms with Crippen LogP contribution in [0.3, 0.4) is 0 Å². The fraction of sp³-hybridized carbons (Fsp3) is 0.833. The zero-order chi connectivity index (χ0) is 14.8. The molecule has 0 spiro atoms. The van der Waals surface area contributed by atoms with Gasteiger partial charge in [-0.25, -0.2) is 4.79 Å². The third-order valence-corrected chi connectivity index (χ3v) is 3.89. The molecule has 0 aromatic heterocycles. The molecule has 0 radical (unpaired) electrons. The summed E-state index contributed by atoms with van der Waals surface area (Å²) in [6.07, 6.45) is -5.10. The molecule has 19 heavy (non-hydrogen) atoms. The first-order chi connectivity index (χ1) is 8.65. The highest BCUT2D eigenvalue weighted by Gasteiger charge is 2.52. The van der Waals surface area contributed by atoms with E-state index in [0.717, 1.165) is 0 Å². The molecule has 7 heteroatoms. The van der Waals surface area contributed by atoms with Gasteiger partial charge < -0.3 is 10.0 Å². The lowest BCUT2D eigenvalue weighted by molar-refractivity contribution is -0.193. The zero-order valence-corrected chi connectivity index (χ0v) is 11.0. The molecular weight excluding hydrogens is 263 g/mol. The molecule has 1 rings (SSSR count). The Morgan fingerprint density at radius 1 is 1.32 bits per heavy atom. The van der Waals surface area contributed by atoms with Crippen LogP contribution < -0.4 is 0 Å².